The predicted octanol–water partition coefficient (Wildman–Crippen LogP) is 3.77. The van der Waals surface area contributed by atoms with Crippen LogP contribution in [0.2, 0.25) is 0 Å². The molecule has 4 heterocycles. The monoisotopic (exact) mass is 622 g/mol. The molecule has 2 aromatic carbocycles. The highest BCUT2D eigenvalue weighted by molar-refractivity contribution is 5.95. The fourth-order valence-electron chi connectivity index (χ4n) is 6.33. The molecule has 0 radical (unpaired) electrons. The highest BCUT2D eigenvalue weighted by atomic mass is 19.2. The van der Waals surface area contributed by atoms with Crippen LogP contribution in [0.1, 0.15) is 17.7 Å². The smallest absolute Gasteiger partial charge is 0.318 e. The first-order chi connectivity index (χ1) is 22.0. The topological polar surface area (TPSA) is 83.5 Å². The third kappa shape index (κ3) is 7.28. The first-order valence-corrected chi connectivity index (χ1v) is 15.6. The van der Waals surface area contributed by atoms with Gasteiger partial charge in [-0.15, -0.1) is 0 Å². The van der Waals surface area contributed by atoms with E-state index in [0.717, 1.165) is 84.7 Å². The molecule has 0 bridgehead atoms. The van der Waals surface area contributed by atoms with Gasteiger partial charge in [0, 0.05) is 88.4 Å². The van der Waals surface area contributed by atoms with Crippen LogP contribution < -0.4 is 19.3 Å². The molecule has 0 saturated carbocycles. The average Bonchev–Trinajstić information content (AvgIpc) is 3.40. The number of piperazine rings is 1. The van der Waals surface area contributed by atoms with Gasteiger partial charge in [0.05, 0.1) is 18.8 Å². The number of hydrogen-bond donors (Lipinski definition) is 0. The summed E-state index contributed by atoms with van der Waals surface area (Å²) in [6.45, 7) is 5.71. The predicted molar refractivity (Wildman–Crippen MR) is 169 cm³/mol. The number of benzene rings is 2. The molecular formula is C33H40F2N6O4. The van der Waals surface area contributed by atoms with E-state index in [1.54, 1.807) is 12.0 Å². The van der Waals surface area contributed by atoms with E-state index in [1.165, 1.54) is 6.08 Å². The van der Waals surface area contributed by atoms with E-state index in [1.807, 2.05) is 24.4 Å². The summed E-state index contributed by atoms with van der Waals surface area (Å²) in [6.07, 6.45) is 2.68. The Morgan fingerprint density at radius 1 is 0.978 bits per heavy atom. The fraction of sp³-hybridized carbons (Fsp3) is 0.485. The maximum atomic E-state index is 13.6. The Morgan fingerprint density at radius 2 is 1.78 bits per heavy atom. The van der Waals surface area contributed by atoms with Gasteiger partial charge in [-0.1, -0.05) is 24.3 Å². The number of nitrogens with zero attached hydrogens (tertiary/aromatic N) is 6. The number of ether oxygens (including phenoxy) is 3. The number of methoxy groups -OCH3 is 1. The summed E-state index contributed by atoms with van der Waals surface area (Å²) in [4.78, 5) is 29.1. The van der Waals surface area contributed by atoms with Gasteiger partial charge >= 0.3 is 6.01 Å². The van der Waals surface area contributed by atoms with Crippen LogP contribution in [0.25, 0.3) is 10.8 Å². The van der Waals surface area contributed by atoms with Gasteiger partial charge in [0.1, 0.15) is 30.2 Å². The molecule has 240 valence electrons. The van der Waals surface area contributed by atoms with E-state index in [4.69, 9.17) is 24.2 Å². The van der Waals surface area contributed by atoms with Gasteiger partial charge in [-0.05, 0) is 30.4 Å². The van der Waals surface area contributed by atoms with Crippen LogP contribution >= 0.6 is 0 Å². The first kappa shape index (κ1) is 31.0. The summed E-state index contributed by atoms with van der Waals surface area (Å²) in [6, 6.07) is 12.6. The lowest BCUT2D eigenvalue weighted by Crippen LogP contribution is -2.45. The summed E-state index contributed by atoms with van der Waals surface area (Å²) in [5.41, 5.74) is 3.09. The lowest BCUT2D eigenvalue weighted by atomic mass is 10.0. The Kier molecular flexibility index (Phi) is 9.90. The van der Waals surface area contributed by atoms with E-state index in [-0.39, 0.29) is 19.9 Å². The van der Waals surface area contributed by atoms with Crippen molar-refractivity contribution in [3.05, 3.63) is 59.9 Å². The van der Waals surface area contributed by atoms with E-state index >= 15 is 0 Å². The molecular weight excluding hydrogens is 582 g/mol. The van der Waals surface area contributed by atoms with Gasteiger partial charge in [-0.25, -0.2) is 8.78 Å². The zero-order valence-electron chi connectivity index (χ0n) is 25.6. The number of hydrogen-bond acceptors (Lipinski definition) is 10. The molecule has 0 unspecified atom stereocenters. The van der Waals surface area contributed by atoms with Crippen LogP contribution in [0.4, 0.5) is 20.3 Å². The standard InChI is InChI=1S/C33H40F2N6O4/c1-43-23-45-25-18-24-6-2-3-7-26(24)31(19-25)41-11-8-27-30(22-41)36-33(44-17-5-10-39-20-28(34)29(35)21-39)37-32(27)40-14-12-38(13-15-40)9-4-16-42/h2-4,6-7,9,16,18-19,28-29H,5,8,10-15,17,20-23H2,1H3/t28-,29+. The highest BCUT2D eigenvalue weighted by Crippen LogP contribution is 2.37. The van der Waals surface area contributed by atoms with Gasteiger partial charge in [0.25, 0.3) is 0 Å². The molecule has 0 amide bonds. The van der Waals surface area contributed by atoms with Crippen molar-refractivity contribution >= 4 is 28.6 Å². The van der Waals surface area contributed by atoms with Gasteiger partial charge in [0.2, 0.25) is 0 Å². The number of aromatic nitrogens is 2. The summed E-state index contributed by atoms with van der Waals surface area (Å²) in [5, 5.41) is 2.21. The Hall–Kier alpha value is -4.03. The second-order valence-corrected chi connectivity index (χ2v) is 11.6. The molecule has 2 fully saturated rings. The number of likely N-dealkylation sites (tertiary alicyclic amines) is 1. The zero-order chi connectivity index (χ0) is 31.2. The van der Waals surface area contributed by atoms with Crippen molar-refractivity contribution in [3.63, 3.8) is 0 Å². The van der Waals surface area contributed by atoms with Crippen molar-refractivity contribution in [2.24, 2.45) is 0 Å². The summed E-state index contributed by atoms with van der Waals surface area (Å²) in [5.74, 6) is 1.62. The molecule has 2 saturated heterocycles. The molecule has 6 rings (SSSR count). The third-order valence-electron chi connectivity index (χ3n) is 8.62. The molecule has 3 aliphatic rings. The molecule has 3 aliphatic heterocycles. The molecule has 3 aromatic rings. The van der Waals surface area contributed by atoms with Gasteiger partial charge in [0.15, 0.2) is 6.79 Å². The van der Waals surface area contributed by atoms with Crippen LogP contribution in [0, 0.1) is 0 Å². The van der Waals surface area contributed by atoms with Gasteiger partial charge in [-0.2, -0.15) is 9.97 Å². The molecule has 0 spiro atoms. The van der Waals surface area contributed by atoms with Crippen molar-refractivity contribution in [1.29, 1.82) is 0 Å². The van der Waals surface area contributed by atoms with E-state index in [9.17, 15) is 13.6 Å². The van der Waals surface area contributed by atoms with E-state index < -0.39 is 12.3 Å². The van der Waals surface area contributed by atoms with E-state index in [2.05, 4.69) is 32.9 Å². The van der Waals surface area contributed by atoms with Gasteiger partial charge < -0.3 is 28.9 Å². The normalized spacial score (nSPS) is 20.6. The van der Waals surface area contributed by atoms with Crippen LogP contribution in [-0.2, 0) is 22.5 Å². The van der Waals surface area contributed by atoms with Crippen LogP contribution in [0.3, 0.4) is 0 Å². The highest BCUT2D eigenvalue weighted by Gasteiger charge is 2.32. The van der Waals surface area contributed by atoms with Crippen molar-refractivity contribution in [3.8, 4) is 11.8 Å². The Labute approximate surface area is 262 Å². The van der Waals surface area contributed by atoms with Crippen molar-refractivity contribution < 1.29 is 27.8 Å². The van der Waals surface area contributed by atoms with E-state index in [0.29, 0.717) is 32.1 Å². The molecule has 0 N–H and O–H groups in total. The van der Waals surface area contributed by atoms with Crippen molar-refractivity contribution in [2.75, 3.05) is 82.7 Å². The summed E-state index contributed by atoms with van der Waals surface area (Å²) >= 11 is 0. The largest absolute Gasteiger partial charge is 0.467 e. The minimum absolute atomic E-state index is 0.122. The molecule has 45 heavy (non-hydrogen) atoms. The zero-order valence-corrected chi connectivity index (χ0v) is 25.6. The number of aldehydes is 1. The molecule has 1 aromatic heterocycles. The summed E-state index contributed by atoms with van der Waals surface area (Å²) < 4.78 is 44.3. The first-order valence-electron chi connectivity index (χ1n) is 15.6. The van der Waals surface area contributed by atoms with Crippen LogP contribution in [0.15, 0.2) is 48.7 Å². The van der Waals surface area contributed by atoms with Crippen LogP contribution in [0.5, 0.6) is 11.8 Å². The number of carbonyl (C=O) groups is 1. The Morgan fingerprint density at radius 3 is 2.56 bits per heavy atom. The van der Waals surface area contributed by atoms with Crippen molar-refractivity contribution in [2.45, 2.75) is 31.7 Å². The number of halogens is 2. The molecule has 12 heteroatoms. The third-order valence-corrected chi connectivity index (χ3v) is 8.62. The Bertz CT molecular complexity index is 1490. The second kappa shape index (κ2) is 14.4. The number of fused-ring (bicyclic) bond motifs is 2. The van der Waals surface area contributed by atoms with Crippen molar-refractivity contribution in [1.82, 2.24) is 19.8 Å². The minimum Gasteiger partial charge on any atom is -0.467 e. The lowest BCUT2D eigenvalue weighted by Gasteiger charge is -2.38. The number of anilines is 2. The number of alkyl halides is 2. The summed E-state index contributed by atoms with van der Waals surface area (Å²) in [7, 11) is 1.60. The Balaban J connectivity index is 1.24. The fourth-order valence-corrected chi connectivity index (χ4v) is 6.33. The number of rotatable bonds is 12. The maximum Gasteiger partial charge on any atom is 0.318 e. The quantitative estimate of drug-likeness (QED) is 0.129. The minimum atomic E-state index is -1.42. The number of carbonyl (C=O) groups excluding carboxylic acids is 1. The average molecular weight is 623 g/mol. The molecule has 0 aliphatic carbocycles. The SMILES string of the molecule is COCOc1cc(N2CCc3c(nc(OCCCN4C[C@@H](F)[C@@H](F)C4)nc3N3CCN(C=CC=O)CC3)C2)c2ccccc2c1. The molecule has 2 atom stereocenters. The van der Waals surface area contributed by atoms with Crippen LogP contribution in [-0.4, -0.2) is 111 Å². The second-order valence-electron chi connectivity index (χ2n) is 11.6. The lowest BCUT2D eigenvalue weighted by molar-refractivity contribution is -0.104. The maximum absolute atomic E-state index is 13.6. The number of allylic oxidation sites excluding steroid dienone is 1. The van der Waals surface area contributed by atoms with Gasteiger partial charge in [-0.3, -0.25) is 9.69 Å². The molecule has 10 nitrogen and oxygen atoms in total.